The minimum absolute atomic E-state index is 0.180. The van der Waals surface area contributed by atoms with Crippen molar-refractivity contribution in [3.05, 3.63) is 63.4 Å². The lowest BCUT2D eigenvalue weighted by Crippen LogP contribution is -2.29. The highest BCUT2D eigenvalue weighted by atomic mass is 79.9. The highest BCUT2D eigenvalue weighted by Gasteiger charge is 2.41. The van der Waals surface area contributed by atoms with Gasteiger partial charge < -0.3 is 0 Å². The minimum Gasteiger partial charge on any atom is -0.274 e. The number of anilines is 2. The molecule has 2 saturated carbocycles. The van der Waals surface area contributed by atoms with E-state index in [4.69, 9.17) is 4.98 Å². The Labute approximate surface area is 196 Å². The van der Waals surface area contributed by atoms with Crippen molar-refractivity contribution in [1.82, 2.24) is 4.98 Å². The molecule has 160 valence electrons. The maximum Gasteiger partial charge on any atom is 0.233 e. The number of carbonyl (C=O) groups is 1. The molecule has 2 bridgehead atoms. The third kappa shape index (κ3) is 4.35. The molecule has 31 heavy (non-hydrogen) atoms. The molecule has 0 aliphatic heterocycles. The van der Waals surface area contributed by atoms with Crippen molar-refractivity contribution in [3.8, 4) is 11.3 Å². The number of hydrogen-bond acceptors (Lipinski definition) is 3. The predicted molar refractivity (Wildman–Crippen MR) is 132 cm³/mol. The Morgan fingerprint density at radius 2 is 1.84 bits per heavy atom. The summed E-state index contributed by atoms with van der Waals surface area (Å²) >= 11 is 5.04. The van der Waals surface area contributed by atoms with E-state index in [0.717, 1.165) is 49.5 Å². The van der Waals surface area contributed by atoms with Gasteiger partial charge in [-0.05, 0) is 86.3 Å². The fourth-order valence-electron chi connectivity index (χ4n) is 5.50. The third-order valence-electron chi connectivity index (χ3n) is 6.86. The van der Waals surface area contributed by atoms with E-state index in [1.165, 1.54) is 25.7 Å². The van der Waals surface area contributed by atoms with Gasteiger partial charge in [0.2, 0.25) is 5.91 Å². The third-order valence-corrected chi connectivity index (χ3v) is 8.21. The number of halogens is 1. The van der Waals surface area contributed by atoms with Crippen molar-refractivity contribution >= 4 is 44.0 Å². The molecule has 1 amide bonds. The van der Waals surface area contributed by atoms with Gasteiger partial charge in [-0.3, -0.25) is 9.69 Å². The fourth-order valence-corrected chi connectivity index (χ4v) is 6.64. The molecule has 0 spiro atoms. The number of nitrogens with zero attached hydrogens (tertiary/aromatic N) is 2. The molecule has 3 nitrogen and oxygen atoms in total. The van der Waals surface area contributed by atoms with Crippen LogP contribution in [-0.2, 0) is 4.79 Å². The summed E-state index contributed by atoms with van der Waals surface area (Å²) in [6, 6.07) is 14.5. The molecule has 0 radical (unpaired) electrons. The lowest BCUT2D eigenvalue weighted by Gasteiger charge is -2.26. The largest absolute Gasteiger partial charge is 0.274 e. The van der Waals surface area contributed by atoms with E-state index in [1.807, 2.05) is 17.0 Å². The summed E-state index contributed by atoms with van der Waals surface area (Å²) < 4.78 is 1.05. The van der Waals surface area contributed by atoms with Crippen LogP contribution in [0.1, 0.15) is 43.2 Å². The SMILES string of the molecule is Cc1cc(C)cc(N(C(=O)C[C@H]2C[C@H]3CC[C@H]2C3)c2nc(-c3ccc(Br)cc3)cs2)c1. The Balaban J connectivity index is 1.48. The first-order valence-corrected chi connectivity index (χ1v) is 12.8. The highest BCUT2D eigenvalue weighted by Crippen LogP contribution is 2.50. The number of thiazole rings is 1. The van der Waals surface area contributed by atoms with Crippen molar-refractivity contribution in [2.45, 2.75) is 46.0 Å². The molecule has 3 aromatic rings. The van der Waals surface area contributed by atoms with Gasteiger partial charge in [0.05, 0.1) is 11.4 Å². The summed E-state index contributed by atoms with van der Waals surface area (Å²) in [5.41, 5.74) is 5.23. The van der Waals surface area contributed by atoms with E-state index in [0.29, 0.717) is 12.3 Å². The molecule has 2 fully saturated rings. The van der Waals surface area contributed by atoms with Gasteiger partial charge >= 0.3 is 0 Å². The Bertz CT molecular complexity index is 1090. The summed E-state index contributed by atoms with van der Waals surface area (Å²) in [6.07, 6.45) is 5.84. The molecule has 2 aliphatic carbocycles. The van der Waals surface area contributed by atoms with E-state index in [-0.39, 0.29) is 5.91 Å². The summed E-state index contributed by atoms with van der Waals surface area (Å²) in [5.74, 6) is 2.30. The average Bonchev–Trinajstić information content (AvgIpc) is 3.45. The molecule has 0 unspecified atom stereocenters. The number of fused-ring (bicyclic) bond motifs is 2. The Morgan fingerprint density at radius 3 is 2.48 bits per heavy atom. The quantitative estimate of drug-likeness (QED) is 0.364. The molecule has 0 saturated heterocycles. The van der Waals surface area contributed by atoms with Gasteiger partial charge in [-0.15, -0.1) is 11.3 Å². The smallest absolute Gasteiger partial charge is 0.233 e. The van der Waals surface area contributed by atoms with Gasteiger partial charge in [0.25, 0.3) is 0 Å². The Hall–Kier alpha value is -1.98. The maximum absolute atomic E-state index is 13.7. The van der Waals surface area contributed by atoms with E-state index in [2.05, 4.69) is 65.5 Å². The average molecular weight is 495 g/mol. The lowest BCUT2D eigenvalue weighted by atomic mass is 9.86. The van der Waals surface area contributed by atoms with Crippen LogP contribution in [0, 0.1) is 31.6 Å². The van der Waals surface area contributed by atoms with E-state index < -0.39 is 0 Å². The lowest BCUT2D eigenvalue weighted by molar-refractivity contribution is -0.119. The van der Waals surface area contributed by atoms with Crippen LogP contribution in [0.2, 0.25) is 0 Å². The standard InChI is InChI=1S/C26H27BrN2OS/c1-16-9-17(2)11-23(10-16)29(25(30)14-21-13-18-3-4-20(21)12-18)26-28-24(15-31-26)19-5-7-22(27)8-6-19/h5-11,15,18,20-21H,3-4,12-14H2,1-2H3/t18-,20-,21+/m0/s1. The van der Waals surface area contributed by atoms with Gasteiger partial charge in [0.1, 0.15) is 0 Å². The van der Waals surface area contributed by atoms with Crippen molar-refractivity contribution in [1.29, 1.82) is 0 Å². The summed E-state index contributed by atoms with van der Waals surface area (Å²) in [5, 5.41) is 2.81. The van der Waals surface area contributed by atoms with Crippen LogP contribution in [0.4, 0.5) is 10.8 Å². The van der Waals surface area contributed by atoms with Crippen molar-refractivity contribution in [3.63, 3.8) is 0 Å². The normalized spacial score (nSPS) is 22.1. The second-order valence-electron chi connectivity index (χ2n) is 9.24. The summed E-state index contributed by atoms with van der Waals surface area (Å²) in [7, 11) is 0. The Kier molecular flexibility index (Phi) is 5.74. The van der Waals surface area contributed by atoms with Gasteiger partial charge in [-0.25, -0.2) is 4.98 Å². The molecule has 5 rings (SSSR count). The van der Waals surface area contributed by atoms with Gasteiger partial charge in [0, 0.05) is 21.8 Å². The second kappa shape index (κ2) is 8.51. The first kappa shape index (κ1) is 20.9. The number of amides is 1. The number of aryl methyl sites for hydroxylation is 2. The van der Waals surface area contributed by atoms with Crippen LogP contribution in [0.5, 0.6) is 0 Å². The number of carbonyl (C=O) groups excluding carboxylic acids is 1. The molecule has 2 aliphatic rings. The molecule has 1 aromatic heterocycles. The van der Waals surface area contributed by atoms with Crippen molar-refractivity contribution in [2.75, 3.05) is 4.90 Å². The van der Waals surface area contributed by atoms with Crippen LogP contribution in [0.25, 0.3) is 11.3 Å². The van der Waals surface area contributed by atoms with Crippen LogP contribution in [0.3, 0.4) is 0 Å². The summed E-state index contributed by atoms with van der Waals surface area (Å²) in [4.78, 5) is 20.4. The second-order valence-corrected chi connectivity index (χ2v) is 11.0. The number of benzene rings is 2. The number of aromatic nitrogens is 1. The summed E-state index contributed by atoms with van der Waals surface area (Å²) in [6.45, 7) is 4.17. The van der Waals surface area contributed by atoms with Gasteiger partial charge in [-0.1, -0.05) is 40.5 Å². The number of hydrogen-bond donors (Lipinski definition) is 0. The molecule has 1 heterocycles. The predicted octanol–water partition coefficient (Wildman–Crippen LogP) is 7.68. The molecule has 2 aromatic carbocycles. The van der Waals surface area contributed by atoms with Crippen LogP contribution < -0.4 is 4.90 Å². The van der Waals surface area contributed by atoms with Crippen molar-refractivity contribution in [2.24, 2.45) is 17.8 Å². The van der Waals surface area contributed by atoms with Crippen LogP contribution in [-0.4, -0.2) is 10.9 Å². The van der Waals surface area contributed by atoms with E-state index in [9.17, 15) is 4.79 Å². The molecule has 0 N–H and O–H groups in total. The maximum atomic E-state index is 13.7. The number of rotatable bonds is 5. The topological polar surface area (TPSA) is 33.2 Å². The monoisotopic (exact) mass is 494 g/mol. The van der Waals surface area contributed by atoms with E-state index in [1.54, 1.807) is 11.3 Å². The van der Waals surface area contributed by atoms with E-state index >= 15 is 0 Å². The molecule has 3 atom stereocenters. The minimum atomic E-state index is 0.180. The fraction of sp³-hybridized carbons (Fsp3) is 0.385. The van der Waals surface area contributed by atoms with Crippen LogP contribution >= 0.6 is 27.3 Å². The molecular formula is C26H27BrN2OS. The zero-order valence-corrected chi connectivity index (χ0v) is 20.4. The molecular weight excluding hydrogens is 468 g/mol. The van der Waals surface area contributed by atoms with Crippen LogP contribution in [0.15, 0.2) is 52.3 Å². The zero-order chi connectivity index (χ0) is 21.5. The van der Waals surface area contributed by atoms with Gasteiger partial charge in [-0.2, -0.15) is 0 Å². The van der Waals surface area contributed by atoms with Gasteiger partial charge in [0.15, 0.2) is 5.13 Å². The zero-order valence-electron chi connectivity index (χ0n) is 18.0. The first-order valence-electron chi connectivity index (χ1n) is 11.1. The first-order chi connectivity index (χ1) is 15.0. The molecule has 5 heteroatoms. The Morgan fingerprint density at radius 1 is 1.10 bits per heavy atom. The highest BCUT2D eigenvalue weighted by molar-refractivity contribution is 9.10. The van der Waals surface area contributed by atoms with Crippen molar-refractivity contribution < 1.29 is 4.79 Å².